The van der Waals surface area contributed by atoms with Crippen molar-refractivity contribution in [2.75, 3.05) is 6.61 Å². The number of aryl methyl sites for hydroxylation is 1. The zero-order valence-corrected chi connectivity index (χ0v) is 10.8. The summed E-state index contributed by atoms with van der Waals surface area (Å²) in [6, 6.07) is 16.1. The van der Waals surface area contributed by atoms with E-state index in [2.05, 4.69) is 12.1 Å². The molecular weight excluding hydrogens is 224 g/mol. The Hall–Kier alpha value is -1.96. The maximum Gasteiger partial charge on any atom is 0.161 e. The lowest BCUT2D eigenvalue weighted by atomic mass is 10.2. The molecule has 0 amide bonds. The Labute approximate surface area is 108 Å². The van der Waals surface area contributed by atoms with E-state index in [-0.39, 0.29) is 0 Å². The van der Waals surface area contributed by atoms with Crippen LogP contribution < -0.4 is 9.47 Å². The van der Waals surface area contributed by atoms with Gasteiger partial charge in [0.05, 0.1) is 6.61 Å². The molecule has 0 aliphatic carbocycles. The Morgan fingerprint density at radius 3 is 2.39 bits per heavy atom. The lowest BCUT2D eigenvalue weighted by molar-refractivity contribution is 0.269. The summed E-state index contributed by atoms with van der Waals surface area (Å²) in [6.07, 6.45) is 0. The minimum Gasteiger partial charge on any atom is -0.490 e. The molecule has 18 heavy (non-hydrogen) atoms. The van der Waals surface area contributed by atoms with E-state index >= 15 is 0 Å². The summed E-state index contributed by atoms with van der Waals surface area (Å²) in [5, 5.41) is 0. The van der Waals surface area contributed by atoms with Crippen molar-refractivity contribution in [3.8, 4) is 11.5 Å². The predicted octanol–water partition coefficient (Wildman–Crippen LogP) is 3.97. The van der Waals surface area contributed by atoms with Crippen molar-refractivity contribution in [1.29, 1.82) is 0 Å². The van der Waals surface area contributed by atoms with Crippen LogP contribution in [0.15, 0.2) is 48.5 Å². The zero-order valence-electron chi connectivity index (χ0n) is 10.8. The number of hydrogen-bond donors (Lipinski definition) is 0. The van der Waals surface area contributed by atoms with Gasteiger partial charge in [-0.1, -0.05) is 36.4 Å². The Balaban J connectivity index is 2.09. The molecule has 0 saturated carbocycles. The summed E-state index contributed by atoms with van der Waals surface area (Å²) in [6.45, 7) is 5.22. The zero-order chi connectivity index (χ0) is 12.8. The van der Waals surface area contributed by atoms with E-state index in [1.807, 2.05) is 50.2 Å². The van der Waals surface area contributed by atoms with Crippen molar-refractivity contribution >= 4 is 0 Å². The highest BCUT2D eigenvalue weighted by Crippen LogP contribution is 2.28. The average molecular weight is 242 g/mol. The molecule has 0 atom stereocenters. The van der Waals surface area contributed by atoms with Crippen molar-refractivity contribution in [3.63, 3.8) is 0 Å². The van der Waals surface area contributed by atoms with E-state index in [1.165, 1.54) is 5.56 Å². The molecule has 0 N–H and O–H groups in total. The third-order valence-electron chi connectivity index (χ3n) is 2.64. The molecule has 2 rings (SSSR count). The van der Waals surface area contributed by atoms with Gasteiger partial charge in [-0.15, -0.1) is 0 Å². The Morgan fingerprint density at radius 2 is 1.67 bits per heavy atom. The monoisotopic (exact) mass is 242 g/mol. The molecule has 0 aliphatic rings. The van der Waals surface area contributed by atoms with Gasteiger partial charge in [0, 0.05) is 0 Å². The molecule has 2 aromatic rings. The van der Waals surface area contributed by atoms with Gasteiger partial charge < -0.3 is 9.47 Å². The first-order valence-corrected chi connectivity index (χ1v) is 6.19. The first-order valence-electron chi connectivity index (χ1n) is 6.19. The largest absolute Gasteiger partial charge is 0.490 e. The average Bonchev–Trinajstić information content (AvgIpc) is 2.39. The van der Waals surface area contributed by atoms with Gasteiger partial charge in [0.2, 0.25) is 0 Å². The van der Waals surface area contributed by atoms with Crippen LogP contribution in [0.3, 0.4) is 0 Å². The smallest absolute Gasteiger partial charge is 0.161 e. The fourth-order valence-electron chi connectivity index (χ4n) is 1.74. The van der Waals surface area contributed by atoms with Gasteiger partial charge in [0.25, 0.3) is 0 Å². The van der Waals surface area contributed by atoms with Gasteiger partial charge in [-0.25, -0.2) is 0 Å². The van der Waals surface area contributed by atoms with Crippen LogP contribution in [-0.4, -0.2) is 6.61 Å². The topological polar surface area (TPSA) is 18.5 Å². The maximum atomic E-state index is 5.81. The van der Waals surface area contributed by atoms with Gasteiger partial charge in [-0.05, 0) is 37.1 Å². The summed E-state index contributed by atoms with van der Waals surface area (Å²) in [5.74, 6) is 1.61. The first-order chi connectivity index (χ1) is 8.79. The predicted molar refractivity (Wildman–Crippen MR) is 73.1 cm³/mol. The second-order valence-corrected chi connectivity index (χ2v) is 4.16. The minimum absolute atomic E-state index is 0.559. The van der Waals surface area contributed by atoms with Gasteiger partial charge in [-0.2, -0.15) is 0 Å². The van der Waals surface area contributed by atoms with Crippen LogP contribution in [0.25, 0.3) is 0 Å². The van der Waals surface area contributed by atoms with Crippen LogP contribution in [0.4, 0.5) is 0 Å². The first kappa shape index (κ1) is 12.5. The normalized spacial score (nSPS) is 10.1. The molecule has 0 fully saturated rings. The van der Waals surface area contributed by atoms with Crippen LogP contribution in [0, 0.1) is 6.92 Å². The molecule has 0 aromatic heterocycles. The van der Waals surface area contributed by atoms with Gasteiger partial charge in [0.15, 0.2) is 11.5 Å². The van der Waals surface area contributed by atoms with Crippen molar-refractivity contribution in [2.45, 2.75) is 20.5 Å². The van der Waals surface area contributed by atoms with Gasteiger partial charge >= 0.3 is 0 Å². The van der Waals surface area contributed by atoms with Gasteiger partial charge in [-0.3, -0.25) is 0 Å². The molecule has 0 saturated heterocycles. The quantitative estimate of drug-likeness (QED) is 0.789. The molecule has 2 nitrogen and oxygen atoms in total. The number of rotatable bonds is 5. The van der Waals surface area contributed by atoms with E-state index in [4.69, 9.17) is 9.47 Å². The third-order valence-corrected chi connectivity index (χ3v) is 2.64. The number of hydrogen-bond acceptors (Lipinski definition) is 2. The van der Waals surface area contributed by atoms with Crippen LogP contribution in [0.2, 0.25) is 0 Å². The SMILES string of the molecule is CCOc1cc(C)ccc1OCc1ccccc1. The number of benzene rings is 2. The molecule has 0 radical (unpaired) electrons. The van der Waals surface area contributed by atoms with Crippen molar-refractivity contribution in [1.82, 2.24) is 0 Å². The molecule has 0 unspecified atom stereocenters. The summed E-state index contributed by atoms with van der Waals surface area (Å²) in [5.41, 5.74) is 2.33. The van der Waals surface area contributed by atoms with Crippen molar-refractivity contribution < 1.29 is 9.47 Å². The van der Waals surface area contributed by atoms with Crippen LogP contribution in [0.1, 0.15) is 18.1 Å². The Morgan fingerprint density at radius 1 is 0.889 bits per heavy atom. The molecule has 0 bridgehead atoms. The second kappa shape index (κ2) is 6.10. The van der Waals surface area contributed by atoms with Crippen LogP contribution in [-0.2, 0) is 6.61 Å². The highest BCUT2D eigenvalue weighted by molar-refractivity contribution is 5.42. The lowest BCUT2D eigenvalue weighted by Crippen LogP contribution is -1.99. The van der Waals surface area contributed by atoms with E-state index in [0.29, 0.717) is 13.2 Å². The second-order valence-electron chi connectivity index (χ2n) is 4.16. The lowest BCUT2D eigenvalue weighted by Gasteiger charge is -2.12. The van der Waals surface area contributed by atoms with Crippen LogP contribution in [0.5, 0.6) is 11.5 Å². The van der Waals surface area contributed by atoms with E-state index < -0.39 is 0 Å². The highest BCUT2D eigenvalue weighted by Gasteiger charge is 2.05. The maximum absolute atomic E-state index is 5.81. The summed E-state index contributed by atoms with van der Waals surface area (Å²) < 4.78 is 11.4. The summed E-state index contributed by atoms with van der Waals surface area (Å²) in [7, 11) is 0. The molecule has 94 valence electrons. The van der Waals surface area contributed by atoms with Crippen LogP contribution >= 0.6 is 0 Å². The molecule has 0 heterocycles. The highest BCUT2D eigenvalue weighted by atomic mass is 16.5. The van der Waals surface area contributed by atoms with Crippen molar-refractivity contribution in [2.24, 2.45) is 0 Å². The van der Waals surface area contributed by atoms with E-state index in [9.17, 15) is 0 Å². The summed E-state index contributed by atoms with van der Waals surface area (Å²) >= 11 is 0. The fraction of sp³-hybridized carbons (Fsp3) is 0.250. The summed E-state index contributed by atoms with van der Waals surface area (Å²) in [4.78, 5) is 0. The van der Waals surface area contributed by atoms with Crippen molar-refractivity contribution in [3.05, 3.63) is 59.7 Å². The molecule has 2 heteroatoms. The minimum atomic E-state index is 0.559. The third kappa shape index (κ3) is 3.27. The molecule has 0 spiro atoms. The standard InChI is InChI=1S/C16H18O2/c1-3-17-16-11-13(2)9-10-15(16)18-12-14-7-5-4-6-8-14/h4-11H,3,12H2,1-2H3. The van der Waals surface area contributed by atoms with E-state index in [1.54, 1.807) is 0 Å². The number of ether oxygens (including phenoxy) is 2. The Kier molecular flexibility index (Phi) is 4.24. The fourth-order valence-corrected chi connectivity index (χ4v) is 1.74. The van der Waals surface area contributed by atoms with Gasteiger partial charge in [0.1, 0.15) is 6.61 Å². The van der Waals surface area contributed by atoms with E-state index in [0.717, 1.165) is 17.1 Å². The molecule has 2 aromatic carbocycles. The molecule has 0 aliphatic heterocycles. The molecular formula is C16H18O2. The Bertz CT molecular complexity index is 492.